The number of nitrogens with zero attached hydrogens (tertiary/aromatic N) is 2. The van der Waals surface area contributed by atoms with E-state index in [-0.39, 0.29) is 4.21 Å². The van der Waals surface area contributed by atoms with E-state index in [0.29, 0.717) is 22.8 Å². The number of ether oxygens (including phenoxy) is 2. The van der Waals surface area contributed by atoms with Gasteiger partial charge in [0.25, 0.3) is 10.0 Å². The molecular weight excluding hydrogens is 368 g/mol. The molecule has 0 bridgehead atoms. The Morgan fingerprint density at radius 1 is 1.21 bits per heavy atom. The molecule has 2 heterocycles. The van der Waals surface area contributed by atoms with Crippen molar-refractivity contribution in [2.75, 3.05) is 14.2 Å². The van der Waals surface area contributed by atoms with Gasteiger partial charge in [-0.25, -0.2) is 0 Å². The Hall–Kier alpha value is -1.84. The number of rotatable bonds is 5. The summed E-state index contributed by atoms with van der Waals surface area (Å²) in [7, 11) is -0.576. The zero-order valence-corrected chi connectivity index (χ0v) is 15.8. The molecule has 3 rings (SSSR count). The maximum absolute atomic E-state index is 12.4. The molecule has 0 aliphatic carbocycles. The van der Waals surface area contributed by atoms with Crippen LogP contribution in [0, 0.1) is 0 Å². The molecule has 0 atom stereocenters. The summed E-state index contributed by atoms with van der Waals surface area (Å²) in [6, 6.07) is 6.92. The normalized spacial score (nSPS) is 12.7. The predicted octanol–water partition coefficient (Wildman–Crippen LogP) is 3.09. The minimum atomic E-state index is -3.71. The van der Waals surface area contributed by atoms with E-state index in [1.807, 2.05) is 23.6 Å². The molecule has 128 valence electrons. The van der Waals surface area contributed by atoms with Gasteiger partial charge in [-0.2, -0.15) is 8.42 Å². The fraction of sp³-hybridized carbons (Fsp3) is 0.267. The fourth-order valence-corrected chi connectivity index (χ4v) is 5.61. The molecule has 0 unspecified atom stereocenters. The number of aryl methyl sites for hydroxylation is 1. The number of fused-ring (bicyclic) bond motifs is 1. The zero-order valence-electron chi connectivity index (χ0n) is 13.3. The zero-order chi connectivity index (χ0) is 17.3. The van der Waals surface area contributed by atoms with Gasteiger partial charge in [0.2, 0.25) is 4.80 Å². The van der Waals surface area contributed by atoms with E-state index in [0.717, 1.165) is 21.6 Å². The quantitative estimate of drug-likeness (QED) is 0.678. The van der Waals surface area contributed by atoms with Crippen molar-refractivity contribution in [3.05, 3.63) is 34.4 Å². The van der Waals surface area contributed by atoms with E-state index in [1.54, 1.807) is 31.7 Å². The SMILES string of the molecule is CCn1c(=NS(=O)(=O)c2cccs2)sc2cc(OC)c(OC)cc21. The van der Waals surface area contributed by atoms with Crippen molar-refractivity contribution in [1.29, 1.82) is 0 Å². The van der Waals surface area contributed by atoms with E-state index < -0.39 is 10.0 Å². The second kappa shape index (κ2) is 6.58. The molecule has 0 saturated carbocycles. The average molecular weight is 385 g/mol. The molecule has 24 heavy (non-hydrogen) atoms. The molecule has 0 fully saturated rings. The topological polar surface area (TPSA) is 69.9 Å². The minimum Gasteiger partial charge on any atom is -0.493 e. The molecule has 6 nitrogen and oxygen atoms in total. The molecular formula is C15H16N2O4S3. The van der Waals surface area contributed by atoms with Gasteiger partial charge in [-0.15, -0.1) is 15.7 Å². The summed E-state index contributed by atoms with van der Waals surface area (Å²) >= 11 is 2.46. The van der Waals surface area contributed by atoms with Gasteiger partial charge in [-0.1, -0.05) is 17.4 Å². The predicted molar refractivity (Wildman–Crippen MR) is 95.7 cm³/mol. The van der Waals surface area contributed by atoms with Crippen molar-refractivity contribution in [3.8, 4) is 11.5 Å². The fourth-order valence-electron chi connectivity index (χ4n) is 2.33. The molecule has 0 N–H and O–H groups in total. The molecule has 0 amide bonds. The van der Waals surface area contributed by atoms with Crippen LogP contribution in [-0.4, -0.2) is 27.2 Å². The van der Waals surface area contributed by atoms with Crippen molar-refractivity contribution >= 4 is 42.9 Å². The Morgan fingerprint density at radius 2 is 1.92 bits per heavy atom. The third-order valence-electron chi connectivity index (χ3n) is 3.45. The monoisotopic (exact) mass is 384 g/mol. The number of benzene rings is 1. The van der Waals surface area contributed by atoms with Crippen LogP contribution in [0.1, 0.15) is 6.92 Å². The second-order valence-corrected chi connectivity index (χ2v) is 8.59. The summed E-state index contributed by atoms with van der Waals surface area (Å²) in [5.41, 5.74) is 0.861. The largest absolute Gasteiger partial charge is 0.493 e. The maximum Gasteiger partial charge on any atom is 0.294 e. The smallest absolute Gasteiger partial charge is 0.294 e. The van der Waals surface area contributed by atoms with Crippen LogP contribution < -0.4 is 14.3 Å². The summed E-state index contributed by atoms with van der Waals surface area (Å²) in [6.07, 6.45) is 0. The molecule has 9 heteroatoms. The highest BCUT2D eigenvalue weighted by Gasteiger charge is 2.16. The molecule has 0 spiro atoms. The highest BCUT2D eigenvalue weighted by atomic mass is 32.2. The van der Waals surface area contributed by atoms with Crippen LogP contribution in [0.5, 0.6) is 11.5 Å². The van der Waals surface area contributed by atoms with Gasteiger partial charge in [-0.05, 0) is 18.4 Å². The van der Waals surface area contributed by atoms with Crippen LogP contribution in [0.3, 0.4) is 0 Å². The maximum atomic E-state index is 12.4. The number of aromatic nitrogens is 1. The third-order valence-corrected chi connectivity index (χ3v) is 7.25. The first-order chi connectivity index (χ1) is 11.5. The summed E-state index contributed by atoms with van der Waals surface area (Å²) in [5.74, 6) is 1.19. The Balaban J connectivity index is 2.27. The first kappa shape index (κ1) is 17.0. The highest BCUT2D eigenvalue weighted by Crippen LogP contribution is 2.33. The van der Waals surface area contributed by atoms with Gasteiger partial charge in [0.15, 0.2) is 11.5 Å². The van der Waals surface area contributed by atoms with Crippen molar-refractivity contribution in [3.63, 3.8) is 0 Å². The van der Waals surface area contributed by atoms with Crippen molar-refractivity contribution in [2.45, 2.75) is 17.7 Å². The van der Waals surface area contributed by atoms with Crippen LogP contribution in [0.25, 0.3) is 10.2 Å². The summed E-state index contributed by atoms with van der Waals surface area (Å²) < 4.78 is 42.5. The highest BCUT2D eigenvalue weighted by molar-refractivity contribution is 7.92. The average Bonchev–Trinajstić information content (AvgIpc) is 3.20. The standard InChI is InChI=1S/C15H16N2O4S3/c1-4-17-10-8-11(20-2)12(21-3)9-13(10)23-15(17)16-24(18,19)14-6-5-7-22-14/h5-9H,4H2,1-3H3. The Kier molecular flexibility index (Phi) is 4.66. The van der Waals surface area contributed by atoms with Crippen LogP contribution in [-0.2, 0) is 16.6 Å². The minimum absolute atomic E-state index is 0.234. The summed E-state index contributed by atoms with van der Waals surface area (Å²) in [5, 5.41) is 1.72. The van der Waals surface area contributed by atoms with E-state index in [9.17, 15) is 8.42 Å². The Morgan fingerprint density at radius 3 is 2.50 bits per heavy atom. The Bertz CT molecular complexity index is 1030. The molecule has 0 saturated heterocycles. The lowest BCUT2D eigenvalue weighted by atomic mass is 10.3. The van der Waals surface area contributed by atoms with Crippen LogP contribution in [0.15, 0.2) is 38.3 Å². The van der Waals surface area contributed by atoms with Gasteiger partial charge in [-0.3, -0.25) is 0 Å². The number of hydrogen-bond donors (Lipinski definition) is 0. The first-order valence-electron chi connectivity index (χ1n) is 7.10. The van der Waals surface area contributed by atoms with Gasteiger partial charge >= 0.3 is 0 Å². The van der Waals surface area contributed by atoms with E-state index in [4.69, 9.17) is 9.47 Å². The molecule has 0 aliphatic rings. The Labute approximate surface area is 147 Å². The van der Waals surface area contributed by atoms with Crippen molar-refractivity contribution in [2.24, 2.45) is 4.40 Å². The van der Waals surface area contributed by atoms with Crippen LogP contribution in [0.2, 0.25) is 0 Å². The number of methoxy groups -OCH3 is 2. The lowest BCUT2D eigenvalue weighted by Crippen LogP contribution is -2.15. The van der Waals surface area contributed by atoms with Crippen molar-refractivity contribution < 1.29 is 17.9 Å². The lowest BCUT2D eigenvalue weighted by molar-refractivity contribution is 0.355. The molecule has 3 aromatic rings. The van der Waals surface area contributed by atoms with Gasteiger partial charge < -0.3 is 14.0 Å². The van der Waals surface area contributed by atoms with Crippen LogP contribution >= 0.6 is 22.7 Å². The van der Waals surface area contributed by atoms with Crippen LogP contribution in [0.4, 0.5) is 0 Å². The van der Waals surface area contributed by atoms with E-state index >= 15 is 0 Å². The number of thiazole rings is 1. The molecule has 2 aromatic heterocycles. The van der Waals surface area contributed by atoms with Gasteiger partial charge in [0, 0.05) is 18.7 Å². The number of sulfonamides is 1. The summed E-state index contributed by atoms with van der Waals surface area (Å²) in [4.78, 5) is 0.427. The van der Waals surface area contributed by atoms with E-state index in [1.165, 1.54) is 11.3 Å². The summed E-state index contributed by atoms with van der Waals surface area (Å²) in [6.45, 7) is 2.54. The van der Waals surface area contributed by atoms with Gasteiger partial charge in [0.05, 0.1) is 24.4 Å². The first-order valence-corrected chi connectivity index (χ1v) is 10.2. The van der Waals surface area contributed by atoms with Gasteiger partial charge in [0.1, 0.15) is 4.21 Å². The molecule has 0 aliphatic heterocycles. The van der Waals surface area contributed by atoms with Crippen molar-refractivity contribution in [1.82, 2.24) is 4.57 Å². The second-order valence-electron chi connectivity index (χ2n) is 4.80. The number of hydrogen-bond acceptors (Lipinski definition) is 6. The third kappa shape index (κ3) is 2.94. The molecule has 1 aromatic carbocycles. The molecule has 0 radical (unpaired) electrons. The van der Waals surface area contributed by atoms with E-state index in [2.05, 4.69) is 4.40 Å². The lowest BCUT2D eigenvalue weighted by Gasteiger charge is -2.08. The number of thiophene rings is 1.